The molecule has 0 atom stereocenters. The molecule has 0 unspecified atom stereocenters. The van der Waals surface area contributed by atoms with Crippen molar-refractivity contribution in [2.75, 3.05) is 12.3 Å². The van der Waals surface area contributed by atoms with E-state index in [-0.39, 0.29) is 11.7 Å². The highest BCUT2D eigenvalue weighted by Gasteiger charge is 2.22. The average molecular weight is 284 g/mol. The molecular formula is C17H17FN2O. The molecule has 0 saturated carbocycles. The van der Waals surface area contributed by atoms with E-state index in [1.165, 1.54) is 12.1 Å². The first-order valence-electron chi connectivity index (χ1n) is 7.06. The highest BCUT2D eigenvalue weighted by molar-refractivity contribution is 5.96. The number of carbonyl (C=O) groups excluding carboxylic acids is 1. The first-order chi connectivity index (χ1) is 10.1. The molecule has 0 aromatic heterocycles. The topological polar surface area (TPSA) is 46.3 Å². The number of rotatable bonds is 2. The molecule has 0 aliphatic carbocycles. The van der Waals surface area contributed by atoms with Crippen molar-refractivity contribution in [2.24, 2.45) is 0 Å². The molecular weight excluding hydrogens is 267 g/mol. The molecule has 108 valence electrons. The number of nitrogens with zero attached hydrogens (tertiary/aromatic N) is 1. The number of hydrogen-bond donors (Lipinski definition) is 1. The second-order valence-electron chi connectivity index (χ2n) is 5.33. The Morgan fingerprint density at radius 2 is 2.00 bits per heavy atom. The van der Waals surface area contributed by atoms with Gasteiger partial charge in [0.05, 0.1) is 0 Å². The van der Waals surface area contributed by atoms with E-state index in [4.69, 9.17) is 5.73 Å². The van der Waals surface area contributed by atoms with Crippen LogP contribution in [0, 0.1) is 5.82 Å². The Morgan fingerprint density at radius 1 is 1.19 bits per heavy atom. The fourth-order valence-corrected chi connectivity index (χ4v) is 2.75. The third kappa shape index (κ3) is 2.75. The Bertz CT molecular complexity index is 684. The Kier molecular flexibility index (Phi) is 3.60. The molecule has 3 nitrogen and oxygen atoms in total. The predicted octanol–water partition coefficient (Wildman–Crippen LogP) is 3.00. The van der Waals surface area contributed by atoms with Crippen molar-refractivity contribution in [2.45, 2.75) is 19.4 Å². The number of amides is 1. The SMILES string of the molecule is Nc1ccc(F)cc1CN1CCCc2ccccc2C1=O. The van der Waals surface area contributed by atoms with Gasteiger partial charge in [0.2, 0.25) is 0 Å². The van der Waals surface area contributed by atoms with Crippen molar-refractivity contribution in [1.29, 1.82) is 0 Å². The van der Waals surface area contributed by atoms with E-state index in [9.17, 15) is 9.18 Å². The summed E-state index contributed by atoms with van der Waals surface area (Å²) in [6.07, 6.45) is 1.79. The van der Waals surface area contributed by atoms with Gasteiger partial charge < -0.3 is 10.6 Å². The number of nitrogens with two attached hydrogens (primary N) is 1. The molecule has 1 aliphatic heterocycles. The highest BCUT2D eigenvalue weighted by Crippen LogP contribution is 2.22. The fraction of sp³-hybridized carbons (Fsp3) is 0.235. The zero-order chi connectivity index (χ0) is 14.8. The van der Waals surface area contributed by atoms with Gasteiger partial charge >= 0.3 is 0 Å². The van der Waals surface area contributed by atoms with Crippen molar-refractivity contribution in [3.8, 4) is 0 Å². The van der Waals surface area contributed by atoms with Crippen LogP contribution in [0.4, 0.5) is 10.1 Å². The van der Waals surface area contributed by atoms with E-state index in [2.05, 4.69) is 0 Å². The number of fused-ring (bicyclic) bond motifs is 1. The van der Waals surface area contributed by atoms with Crippen LogP contribution < -0.4 is 5.73 Å². The van der Waals surface area contributed by atoms with E-state index >= 15 is 0 Å². The molecule has 2 N–H and O–H groups in total. The van der Waals surface area contributed by atoms with E-state index in [0.717, 1.165) is 24.0 Å². The highest BCUT2D eigenvalue weighted by atomic mass is 19.1. The summed E-state index contributed by atoms with van der Waals surface area (Å²) in [6, 6.07) is 11.9. The first-order valence-corrected chi connectivity index (χ1v) is 7.06. The molecule has 1 aliphatic rings. The molecule has 0 fully saturated rings. The Labute approximate surface area is 123 Å². The van der Waals surface area contributed by atoms with Gasteiger partial charge in [-0.1, -0.05) is 18.2 Å². The molecule has 0 saturated heterocycles. The summed E-state index contributed by atoms with van der Waals surface area (Å²) in [5.74, 6) is -0.339. The number of anilines is 1. The number of carbonyl (C=O) groups is 1. The second-order valence-corrected chi connectivity index (χ2v) is 5.33. The van der Waals surface area contributed by atoms with Crippen LogP contribution in [-0.4, -0.2) is 17.4 Å². The summed E-state index contributed by atoms with van der Waals surface area (Å²) in [5, 5.41) is 0. The van der Waals surface area contributed by atoms with Crippen molar-refractivity contribution >= 4 is 11.6 Å². The quantitative estimate of drug-likeness (QED) is 0.862. The minimum atomic E-state index is -0.332. The van der Waals surface area contributed by atoms with Crippen LogP contribution in [0.15, 0.2) is 42.5 Å². The van der Waals surface area contributed by atoms with E-state index in [1.54, 1.807) is 11.0 Å². The summed E-state index contributed by atoms with van der Waals surface area (Å²) >= 11 is 0. The molecule has 0 bridgehead atoms. The number of benzene rings is 2. The summed E-state index contributed by atoms with van der Waals surface area (Å²) in [7, 11) is 0. The van der Waals surface area contributed by atoms with Crippen molar-refractivity contribution in [3.05, 3.63) is 65.0 Å². The zero-order valence-corrected chi connectivity index (χ0v) is 11.7. The van der Waals surface area contributed by atoms with Gasteiger partial charge in [0.25, 0.3) is 5.91 Å². The van der Waals surface area contributed by atoms with E-state index < -0.39 is 0 Å². The maximum absolute atomic E-state index is 13.4. The summed E-state index contributed by atoms with van der Waals surface area (Å²) in [5.41, 5.74) is 8.87. The smallest absolute Gasteiger partial charge is 0.254 e. The number of aryl methyl sites for hydroxylation is 1. The minimum absolute atomic E-state index is 0.00763. The fourth-order valence-electron chi connectivity index (χ4n) is 2.75. The van der Waals surface area contributed by atoms with Crippen LogP contribution in [0.5, 0.6) is 0 Å². The second kappa shape index (κ2) is 5.56. The van der Waals surface area contributed by atoms with Crippen LogP contribution >= 0.6 is 0 Å². The Balaban J connectivity index is 1.89. The van der Waals surface area contributed by atoms with Crippen molar-refractivity contribution in [3.63, 3.8) is 0 Å². The summed E-state index contributed by atoms with van der Waals surface area (Å²) in [6.45, 7) is 1.00. The van der Waals surface area contributed by atoms with Crippen LogP contribution in [0.3, 0.4) is 0 Å². The third-order valence-corrected chi connectivity index (χ3v) is 3.88. The summed E-state index contributed by atoms with van der Waals surface area (Å²) in [4.78, 5) is 14.4. The summed E-state index contributed by atoms with van der Waals surface area (Å²) < 4.78 is 13.4. The standard InChI is InChI=1S/C17H17FN2O/c18-14-7-8-16(19)13(10-14)11-20-9-3-5-12-4-1-2-6-15(12)17(20)21/h1-2,4,6-8,10H,3,5,9,11,19H2. The first kappa shape index (κ1) is 13.6. The lowest BCUT2D eigenvalue weighted by Crippen LogP contribution is -2.30. The number of halogens is 1. The lowest BCUT2D eigenvalue weighted by Gasteiger charge is -2.22. The molecule has 3 rings (SSSR count). The molecule has 0 spiro atoms. The zero-order valence-electron chi connectivity index (χ0n) is 11.7. The largest absolute Gasteiger partial charge is 0.398 e. The third-order valence-electron chi connectivity index (χ3n) is 3.88. The van der Waals surface area contributed by atoms with E-state index in [0.29, 0.717) is 24.3 Å². The van der Waals surface area contributed by atoms with Crippen LogP contribution in [0.2, 0.25) is 0 Å². The molecule has 0 radical (unpaired) electrons. The molecule has 2 aromatic carbocycles. The Morgan fingerprint density at radius 3 is 2.86 bits per heavy atom. The van der Waals surface area contributed by atoms with Crippen LogP contribution in [-0.2, 0) is 13.0 Å². The van der Waals surface area contributed by atoms with Gasteiger partial charge in [-0.05, 0) is 48.2 Å². The van der Waals surface area contributed by atoms with E-state index in [1.807, 2.05) is 24.3 Å². The predicted molar refractivity (Wildman–Crippen MR) is 80.3 cm³/mol. The lowest BCUT2D eigenvalue weighted by molar-refractivity contribution is 0.0749. The number of hydrogen-bond acceptors (Lipinski definition) is 2. The maximum atomic E-state index is 13.4. The molecule has 1 amide bonds. The normalized spacial score (nSPS) is 14.7. The Hall–Kier alpha value is -2.36. The van der Waals surface area contributed by atoms with Gasteiger partial charge in [-0.2, -0.15) is 0 Å². The van der Waals surface area contributed by atoms with Crippen molar-refractivity contribution < 1.29 is 9.18 Å². The van der Waals surface area contributed by atoms with Gasteiger partial charge in [-0.15, -0.1) is 0 Å². The maximum Gasteiger partial charge on any atom is 0.254 e. The van der Waals surface area contributed by atoms with Crippen molar-refractivity contribution in [1.82, 2.24) is 4.90 Å². The monoisotopic (exact) mass is 284 g/mol. The van der Waals surface area contributed by atoms with Crippen LogP contribution in [0.1, 0.15) is 27.9 Å². The van der Waals surface area contributed by atoms with Gasteiger partial charge in [-0.25, -0.2) is 4.39 Å². The van der Waals surface area contributed by atoms with Crippen LogP contribution in [0.25, 0.3) is 0 Å². The minimum Gasteiger partial charge on any atom is -0.398 e. The number of nitrogen functional groups attached to an aromatic ring is 1. The van der Waals surface area contributed by atoms with Gasteiger partial charge in [0, 0.05) is 24.3 Å². The lowest BCUT2D eigenvalue weighted by atomic mass is 10.0. The molecule has 1 heterocycles. The molecule has 4 heteroatoms. The molecule has 21 heavy (non-hydrogen) atoms. The van der Waals surface area contributed by atoms with Gasteiger partial charge in [0.1, 0.15) is 5.82 Å². The molecule has 2 aromatic rings. The van der Waals surface area contributed by atoms with Gasteiger partial charge in [0.15, 0.2) is 0 Å². The average Bonchev–Trinajstić information content (AvgIpc) is 2.64. The van der Waals surface area contributed by atoms with Gasteiger partial charge in [-0.3, -0.25) is 4.79 Å².